The number of hydrogen-bond acceptors (Lipinski definition) is 6. The van der Waals surface area contributed by atoms with Crippen LogP contribution in [0.25, 0.3) is 0 Å². The van der Waals surface area contributed by atoms with E-state index < -0.39 is 0 Å². The van der Waals surface area contributed by atoms with E-state index in [0.29, 0.717) is 28.4 Å². The summed E-state index contributed by atoms with van der Waals surface area (Å²) < 4.78 is 15.7. The minimum absolute atomic E-state index is 0.106. The molecular formula is C25H26N2O5S. The highest BCUT2D eigenvalue weighted by atomic mass is 32.2. The molecule has 8 heteroatoms. The Morgan fingerprint density at radius 1 is 0.758 bits per heavy atom. The molecule has 2 amide bonds. The Labute approximate surface area is 197 Å². The molecule has 0 aromatic heterocycles. The van der Waals surface area contributed by atoms with Gasteiger partial charge in [-0.15, -0.1) is 11.8 Å². The van der Waals surface area contributed by atoms with Crippen LogP contribution in [0.2, 0.25) is 0 Å². The van der Waals surface area contributed by atoms with Crippen LogP contribution in [0, 0.1) is 0 Å². The van der Waals surface area contributed by atoms with E-state index in [0.717, 1.165) is 10.6 Å². The molecule has 0 aliphatic rings. The Bertz CT molecular complexity index is 1080. The Morgan fingerprint density at radius 2 is 1.30 bits per heavy atom. The first-order valence-corrected chi connectivity index (χ1v) is 11.1. The molecule has 2 N–H and O–H groups in total. The molecule has 0 spiro atoms. The van der Waals surface area contributed by atoms with E-state index in [-0.39, 0.29) is 17.1 Å². The van der Waals surface area contributed by atoms with Gasteiger partial charge in [-0.3, -0.25) is 9.59 Å². The number of thioether (sulfide) groups is 1. The van der Waals surface area contributed by atoms with Gasteiger partial charge in [-0.2, -0.15) is 0 Å². The van der Waals surface area contributed by atoms with Crippen molar-refractivity contribution in [1.82, 2.24) is 0 Å². The third kappa shape index (κ3) is 6.20. The quantitative estimate of drug-likeness (QED) is 0.428. The molecule has 172 valence electrons. The molecule has 0 bridgehead atoms. The van der Waals surface area contributed by atoms with Crippen LogP contribution in [0.5, 0.6) is 17.2 Å². The van der Waals surface area contributed by atoms with Gasteiger partial charge in [-0.05, 0) is 67.6 Å². The number of carbonyl (C=O) groups is 2. The summed E-state index contributed by atoms with van der Waals surface area (Å²) in [5, 5.41) is 5.44. The van der Waals surface area contributed by atoms with Crippen LogP contribution in [-0.2, 0) is 4.79 Å². The second-order valence-electron chi connectivity index (χ2n) is 6.99. The summed E-state index contributed by atoms with van der Waals surface area (Å²) in [6, 6.07) is 19.6. The first-order chi connectivity index (χ1) is 15.9. The van der Waals surface area contributed by atoms with Gasteiger partial charge < -0.3 is 24.8 Å². The Kier molecular flexibility index (Phi) is 8.21. The van der Waals surface area contributed by atoms with Gasteiger partial charge in [0.15, 0.2) is 0 Å². The van der Waals surface area contributed by atoms with Crippen molar-refractivity contribution in [2.75, 3.05) is 32.0 Å². The van der Waals surface area contributed by atoms with Crippen molar-refractivity contribution in [1.29, 1.82) is 0 Å². The maximum absolute atomic E-state index is 12.8. The van der Waals surface area contributed by atoms with E-state index in [4.69, 9.17) is 14.2 Å². The van der Waals surface area contributed by atoms with E-state index in [1.54, 1.807) is 61.7 Å². The molecule has 3 aromatic rings. The molecule has 7 nitrogen and oxygen atoms in total. The fourth-order valence-electron chi connectivity index (χ4n) is 3.06. The van der Waals surface area contributed by atoms with Gasteiger partial charge >= 0.3 is 0 Å². The molecule has 0 radical (unpaired) electrons. The normalized spacial score (nSPS) is 11.3. The van der Waals surface area contributed by atoms with Crippen LogP contribution in [0.3, 0.4) is 0 Å². The number of amides is 2. The second-order valence-corrected chi connectivity index (χ2v) is 8.41. The molecule has 0 saturated carbocycles. The maximum Gasteiger partial charge on any atom is 0.263 e. The van der Waals surface area contributed by atoms with Gasteiger partial charge in [-0.1, -0.05) is 6.07 Å². The van der Waals surface area contributed by atoms with Crippen molar-refractivity contribution in [2.45, 2.75) is 17.1 Å². The van der Waals surface area contributed by atoms with Gasteiger partial charge in [-0.25, -0.2) is 0 Å². The van der Waals surface area contributed by atoms with Crippen molar-refractivity contribution in [3.8, 4) is 17.2 Å². The summed E-state index contributed by atoms with van der Waals surface area (Å²) in [5.41, 5.74) is 1.65. The molecule has 1 unspecified atom stereocenters. The zero-order valence-corrected chi connectivity index (χ0v) is 19.7. The van der Waals surface area contributed by atoms with Crippen molar-refractivity contribution >= 4 is 35.0 Å². The SMILES string of the molecule is COc1ccc(NC(=O)C(C)Sc2ccc(NC(=O)c3c(OC)cccc3OC)cc2)cc1. The molecule has 0 aliphatic carbocycles. The van der Waals surface area contributed by atoms with Crippen molar-refractivity contribution < 1.29 is 23.8 Å². The van der Waals surface area contributed by atoms with Gasteiger partial charge in [0.2, 0.25) is 5.91 Å². The topological polar surface area (TPSA) is 85.9 Å². The number of ether oxygens (including phenoxy) is 3. The van der Waals surface area contributed by atoms with Crippen LogP contribution >= 0.6 is 11.8 Å². The number of hydrogen-bond donors (Lipinski definition) is 2. The second kappa shape index (κ2) is 11.3. The number of methoxy groups -OCH3 is 3. The number of benzene rings is 3. The smallest absolute Gasteiger partial charge is 0.263 e. The molecule has 3 rings (SSSR count). The fourth-order valence-corrected chi connectivity index (χ4v) is 3.93. The Morgan fingerprint density at radius 3 is 1.85 bits per heavy atom. The first-order valence-electron chi connectivity index (χ1n) is 10.2. The summed E-state index contributed by atoms with van der Waals surface area (Å²) in [7, 11) is 4.60. The van der Waals surface area contributed by atoms with E-state index in [1.165, 1.54) is 26.0 Å². The van der Waals surface area contributed by atoms with Crippen molar-refractivity contribution in [3.05, 3.63) is 72.3 Å². The van der Waals surface area contributed by atoms with Crippen molar-refractivity contribution in [2.24, 2.45) is 0 Å². The van der Waals surface area contributed by atoms with E-state index >= 15 is 0 Å². The highest BCUT2D eigenvalue weighted by Gasteiger charge is 2.19. The molecule has 3 aromatic carbocycles. The molecule has 0 aliphatic heterocycles. The monoisotopic (exact) mass is 466 g/mol. The lowest BCUT2D eigenvalue weighted by atomic mass is 10.1. The number of anilines is 2. The summed E-state index contributed by atoms with van der Waals surface area (Å²) >= 11 is 1.43. The molecule has 0 fully saturated rings. The summed E-state index contributed by atoms with van der Waals surface area (Å²) in [5.74, 6) is 1.14. The Balaban J connectivity index is 1.61. The average molecular weight is 467 g/mol. The molecule has 0 heterocycles. The third-order valence-electron chi connectivity index (χ3n) is 4.81. The van der Waals surface area contributed by atoms with Crippen LogP contribution < -0.4 is 24.8 Å². The molecular weight excluding hydrogens is 440 g/mol. The predicted molar refractivity (Wildman–Crippen MR) is 131 cm³/mol. The Hall–Kier alpha value is -3.65. The number of rotatable bonds is 9. The maximum atomic E-state index is 12.8. The standard InChI is InChI=1S/C25H26N2O5S/c1-16(24(28)26-17-8-12-19(30-2)13-9-17)33-20-14-10-18(11-15-20)27-25(29)23-21(31-3)6-5-7-22(23)32-4/h5-16H,1-4H3,(H,26,28)(H,27,29). The van der Waals surface area contributed by atoms with Crippen molar-refractivity contribution in [3.63, 3.8) is 0 Å². The van der Waals surface area contributed by atoms with E-state index in [9.17, 15) is 9.59 Å². The van der Waals surface area contributed by atoms with Gasteiger partial charge in [0.25, 0.3) is 5.91 Å². The molecule has 1 atom stereocenters. The molecule has 0 saturated heterocycles. The summed E-state index contributed by atoms with van der Waals surface area (Å²) in [4.78, 5) is 26.2. The summed E-state index contributed by atoms with van der Waals surface area (Å²) in [6.07, 6.45) is 0. The largest absolute Gasteiger partial charge is 0.497 e. The van der Waals surface area contributed by atoms with Gasteiger partial charge in [0.05, 0.1) is 26.6 Å². The van der Waals surface area contributed by atoms with Crippen LogP contribution in [0.1, 0.15) is 17.3 Å². The van der Waals surface area contributed by atoms with E-state index in [1.807, 2.05) is 19.1 Å². The van der Waals surface area contributed by atoms with Crippen LogP contribution in [0.15, 0.2) is 71.6 Å². The van der Waals surface area contributed by atoms with Gasteiger partial charge in [0, 0.05) is 16.3 Å². The van der Waals surface area contributed by atoms with Gasteiger partial charge in [0.1, 0.15) is 22.8 Å². The average Bonchev–Trinajstić information content (AvgIpc) is 2.84. The summed E-state index contributed by atoms with van der Waals surface area (Å²) in [6.45, 7) is 1.84. The zero-order valence-electron chi connectivity index (χ0n) is 18.9. The fraction of sp³-hybridized carbons (Fsp3) is 0.200. The van der Waals surface area contributed by atoms with Crippen LogP contribution in [0.4, 0.5) is 11.4 Å². The lowest BCUT2D eigenvalue weighted by Gasteiger charge is -2.14. The zero-order chi connectivity index (χ0) is 23.8. The minimum Gasteiger partial charge on any atom is -0.497 e. The third-order valence-corrected chi connectivity index (χ3v) is 5.92. The lowest BCUT2D eigenvalue weighted by molar-refractivity contribution is -0.115. The highest BCUT2D eigenvalue weighted by Crippen LogP contribution is 2.30. The number of nitrogens with one attached hydrogen (secondary N) is 2. The molecule has 33 heavy (non-hydrogen) atoms. The van der Waals surface area contributed by atoms with E-state index in [2.05, 4.69) is 10.6 Å². The van der Waals surface area contributed by atoms with Crippen LogP contribution in [-0.4, -0.2) is 38.4 Å². The number of carbonyl (C=O) groups excluding carboxylic acids is 2. The lowest BCUT2D eigenvalue weighted by Crippen LogP contribution is -2.22. The minimum atomic E-state index is -0.336. The predicted octanol–water partition coefficient (Wildman–Crippen LogP) is 5.08. The highest BCUT2D eigenvalue weighted by molar-refractivity contribution is 8.00. The first kappa shape index (κ1) is 24.0.